The van der Waals surface area contributed by atoms with Crippen molar-refractivity contribution in [3.63, 3.8) is 0 Å². The van der Waals surface area contributed by atoms with Crippen molar-refractivity contribution in [2.24, 2.45) is 0 Å². The van der Waals surface area contributed by atoms with Crippen molar-refractivity contribution < 1.29 is 9.53 Å². The summed E-state index contributed by atoms with van der Waals surface area (Å²) in [6, 6.07) is 5.68. The Kier molecular flexibility index (Phi) is 7.89. The summed E-state index contributed by atoms with van der Waals surface area (Å²) < 4.78 is 7.44. The van der Waals surface area contributed by atoms with E-state index < -0.39 is 0 Å². The lowest BCUT2D eigenvalue weighted by Gasteiger charge is -2.10. The van der Waals surface area contributed by atoms with Gasteiger partial charge in [0.05, 0.1) is 7.14 Å². The van der Waals surface area contributed by atoms with Crippen LogP contribution in [0.5, 0.6) is 5.75 Å². The minimum Gasteiger partial charge on any atom is -0.487 e. The number of hydrogen-bond acceptors (Lipinski definition) is 3. The second-order valence-electron chi connectivity index (χ2n) is 4.71. The minimum atomic E-state index is -0.366. The summed E-state index contributed by atoms with van der Waals surface area (Å²) in [5, 5.41) is 11.9. The summed E-state index contributed by atoms with van der Waals surface area (Å²) in [7, 11) is 0. The third kappa shape index (κ3) is 5.61. The van der Waals surface area contributed by atoms with Crippen LogP contribution in [0.15, 0.2) is 30.4 Å². The maximum absolute atomic E-state index is 11.9. The predicted molar refractivity (Wildman–Crippen MR) is 104 cm³/mol. The topological polar surface area (TPSA) is 62.1 Å². The van der Waals surface area contributed by atoms with E-state index in [0.717, 1.165) is 18.5 Å². The number of carbonyl (C=O) groups is 1. The maximum atomic E-state index is 11.9. The summed E-state index contributed by atoms with van der Waals surface area (Å²) in [4.78, 5) is 11.9. The van der Waals surface area contributed by atoms with Gasteiger partial charge >= 0.3 is 0 Å². The van der Waals surface area contributed by atoms with Gasteiger partial charge in [-0.25, -0.2) is 0 Å². The molecule has 0 aromatic heterocycles. The first-order valence-corrected chi connectivity index (χ1v) is 8.70. The molecule has 1 aromatic rings. The molecule has 0 bridgehead atoms. The van der Waals surface area contributed by atoms with E-state index in [0.29, 0.717) is 6.61 Å². The number of carbonyl (C=O) groups excluding carboxylic acids is 1. The number of benzene rings is 1. The number of nitrogens with zero attached hydrogens (tertiary/aromatic N) is 1. The highest BCUT2D eigenvalue weighted by molar-refractivity contribution is 14.1. The highest BCUT2D eigenvalue weighted by atomic mass is 127. The number of halogens is 2. The molecule has 0 saturated heterocycles. The predicted octanol–water partition coefficient (Wildman–Crippen LogP) is 3.89. The Balaban J connectivity index is 3.11. The molecule has 0 radical (unpaired) electrons. The molecule has 0 heterocycles. The van der Waals surface area contributed by atoms with Crippen LogP contribution in [0.1, 0.15) is 19.4 Å². The van der Waals surface area contributed by atoms with E-state index in [2.05, 4.69) is 57.1 Å². The van der Waals surface area contributed by atoms with Crippen molar-refractivity contribution in [2.75, 3.05) is 6.61 Å². The number of hydrogen-bond donors (Lipinski definition) is 1. The first-order chi connectivity index (χ1) is 10.4. The molecular formula is C16H16I2N2O2. The van der Waals surface area contributed by atoms with Gasteiger partial charge in [0.1, 0.15) is 24.0 Å². The summed E-state index contributed by atoms with van der Waals surface area (Å²) in [6.07, 6.45) is 3.27. The van der Waals surface area contributed by atoms with Crippen molar-refractivity contribution >= 4 is 57.2 Å². The van der Waals surface area contributed by atoms with Crippen molar-refractivity contribution in [1.82, 2.24) is 5.32 Å². The third-order valence-corrected chi connectivity index (χ3v) is 4.06. The average Bonchev–Trinajstić information content (AvgIpc) is 2.43. The fraction of sp³-hybridized carbons (Fsp3) is 0.250. The van der Waals surface area contributed by atoms with Gasteiger partial charge in [0.15, 0.2) is 0 Å². The summed E-state index contributed by atoms with van der Waals surface area (Å²) in [5.41, 5.74) is 0.871. The molecule has 6 heteroatoms. The monoisotopic (exact) mass is 522 g/mol. The standard InChI is InChI=1S/C16H16I2N2O2/c1-4-5-22-15-13(17)7-11(8-14(15)18)6-12(9-19)16(21)20-10(2)3/h4,6-8,10H,1,5H2,2-3H3,(H,20,21)/b12-6-. The molecule has 0 fully saturated rings. The van der Waals surface area contributed by atoms with Gasteiger partial charge in [0.25, 0.3) is 5.91 Å². The molecular weight excluding hydrogens is 506 g/mol. The zero-order valence-electron chi connectivity index (χ0n) is 12.3. The molecule has 0 unspecified atom stereocenters. The first kappa shape index (κ1) is 19.0. The van der Waals surface area contributed by atoms with Crippen molar-refractivity contribution in [3.8, 4) is 11.8 Å². The fourth-order valence-electron chi connectivity index (χ4n) is 1.60. The Morgan fingerprint density at radius 3 is 2.50 bits per heavy atom. The average molecular weight is 522 g/mol. The van der Waals surface area contributed by atoms with E-state index in [9.17, 15) is 4.79 Å². The third-order valence-electron chi connectivity index (χ3n) is 2.46. The normalized spacial score (nSPS) is 11.0. The van der Waals surface area contributed by atoms with E-state index in [-0.39, 0.29) is 17.5 Å². The number of ether oxygens (including phenoxy) is 1. The lowest BCUT2D eigenvalue weighted by Crippen LogP contribution is -2.30. The van der Waals surface area contributed by atoms with Crippen LogP contribution in [0.25, 0.3) is 6.08 Å². The molecule has 116 valence electrons. The zero-order valence-corrected chi connectivity index (χ0v) is 16.6. The Morgan fingerprint density at radius 1 is 1.45 bits per heavy atom. The molecule has 0 atom stereocenters. The molecule has 1 rings (SSSR count). The lowest BCUT2D eigenvalue weighted by atomic mass is 10.1. The summed E-state index contributed by atoms with van der Waals surface area (Å²) >= 11 is 4.34. The fourth-order valence-corrected chi connectivity index (χ4v) is 3.73. The SMILES string of the molecule is C=CCOc1c(I)cc(/C=C(/C#N)C(=O)NC(C)C)cc1I. The number of nitriles is 1. The van der Waals surface area contributed by atoms with E-state index >= 15 is 0 Å². The number of rotatable bonds is 6. The Morgan fingerprint density at radius 2 is 2.05 bits per heavy atom. The molecule has 0 aliphatic heterocycles. The van der Waals surface area contributed by atoms with Crippen LogP contribution in [-0.2, 0) is 4.79 Å². The molecule has 1 N–H and O–H groups in total. The van der Waals surface area contributed by atoms with Gasteiger partial charge in [-0.1, -0.05) is 12.7 Å². The molecule has 0 aliphatic rings. The van der Waals surface area contributed by atoms with Crippen LogP contribution in [0.3, 0.4) is 0 Å². The summed E-state index contributed by atoms with van der Waals surface area (Å²) in [6.45, 7) is 7.76. The second-order valence-corrected chi connectivity index (χ2v) is 7.04. The smallest absolute Gasteiger partial charge is 0.262 e. The van der Waals surface area contributed by atoms with E-state index in [1.54, 1.807) is 12.2 Å². The van der Waals surface area contributed by atoms with Gasteiger partial charge in [0, 0.05) is 6.04 Å². The minimum absolute atomic E-state index is 0.0146. The highest BCUT2D eigenvalue weighted by Gasteiger charge is 2.12. The van der Waals surface area contributed by atoms with Gasteiger partial charge in [-0.05, 0) is 82.8 Å². The van der Waals surface area contributed by atoms with Crippen LogP contribution in [0.2, 0.25) is 0 Å². The van der Waals surface area contributed by atoms with Gasteiger partial charge < -0.3 is 10.1 Å². The maximum Gasteiger partial charge on any atom is 0.262 e. The van der Waals surface area contributed by atoms with Gasteiger partial charge in [-0.2, -0.15) is 5.26 Å². The van der Waals surface area contributed by atoms with Crippen LogP contribution in [0.4, 0.5) is 0 Å². The molecule has 1 amide bonds. The van der Waals surface area contributed by atoms with Gasteiger partial charge in [-0.3, -0.25) is 4.79 Å². The second kappa shape index (κ2) is 9.15. The molecule has 1 aromatic carbocycles. The lowest BCUT2D eigenvalue weighted by molar-refractivity contribution is -0.117. The van der Waals surface area contributed by atoms with Gasteiger partial charge in [0.2, 0.25) is 0 Å². The van der Waals surface area contributed by atoms with E-state index in [1.807, 2.05) is 32.0 Å². The molecule has 4 nitrogen and oxygen atoms in total. The Hall–Kier alpha value is -1.08. The Bertz CT molecular complexity index is 623. The number of nitrogens with one attached hydrogen (secondary N) is 1. The van der Waals surface area contributed by atoms with Crippen molar-refractivity contribution in [3.05, 3.63) is 43.1 Å². The zero-order chi connectivity index (χ0) is 16.7. The van der Waals surface area contributed by atoms with Crippen LogP contribution >= 0.6 is 45.2 Å². The van der Waals surface area contributed by atoms with Crippen LogP contribution in [0, 0.1) is 18.5 Å². The van der Waals surface area contributed by atoms with Crippen molar-refractivity contribution in [2.45, 2.75) is 19.9 Å². The number of amides is 1. The van der Waals surface area contributed by atoms with Crippen molar-refractivity contribution in [1.29, 1.82) is 5.26 Å². The highest BCUT2D eigenvalue weighted by Crippen LogP contribution is 2.29. The molecule has 0 saturated carbocycles. The van der Waals surface area contributed by atoms with Gasteiger partial charge in [-0.15, -0.1) is 0 Å². The summed E-state index contributed by atoms with van der Waals surface area (Å²) in [5.74, 6) is 0.415. The molecule has 0 aliphatic carbocycles. The first-order valence-electron chi connectivity index (χ1n) is 6.54. The molecule has 0 spiro atoms. The van der Waals surface area contributed by atoms with E-state index in [1.165, 1.54) is 0 Å². The van der Waals surface area contributed by atoms with E-state index in [4.69, 9.17) is 10.00 Å². The quantitative estimate of drug-likeness (QED) is 0.267. The Labute approximate surface area is 157 Å². The van der Waals surface area contributed by atoms with Crippen LogP contribution < -0.4 is 10.1 Å². The largest absolute Gasteiger partial charge is 0.487 e. The molecule has 22 heavy (non-hydrogen) atoms. The van der Waals surface area contributed by atoms with Crippen LogP contribution in [-0.4, -0.2) is 18.6 Å².